The Morgan fingerprint density at radius 2 is 1.60 bits per heavy atom. The number of halogens is 6. The van der Waals surface area contributed by atoms with Crippen LogP contribution in [0.1, 0.15) is 11.1 Å². The van der Waals surface area contributed by atoms with E-state index in [0.29, 0.717) is 19.0 Å². The number of guanidine groups is 1. The lowest BCUT2D eigenvalue weighted by atomic mass is 10.2. The van der Waals surface area contributed by atoms with Gasteiger partial charge in [-0.3, -0.25) is 4.99 Å². The molecule has 0 aliphatic rings. The van der Waals surface area contributed by atoms with Gasteiger partial charge in [-0.05, 0) is 35.4 Å². The van der Waals surface area contributed by atoms with E-state index in [1.807, 2.05) is 0 Å². The fraction of sp³-hybridized carbons (Fsp3) is 0.316. The SMILES string of the molecule is CN=C(NCc1ccc(OCC(F)(F)F)cc1)NCc1cccc(OC(F)F)c1.I. The molecule has 0 saturated carbocycles. The molecule has 0 atom stereocenters. The van der Waals surface area contributed by atoms with Gasteiger partial charge in [0, 0.05) is 20.1 Å². The van der Waals surface area contributed by atoms with Crippen molar-refractivity contribution in [3.63, 3.8) is 0 Å². The Morgan fingerprint density at radius 3 is 2.17 bits per heavy atom. The first kappa shape index (κ1) is 25.7. The van der Waals surface area contributed by atoms with Crippen molar-refractivity contribution in [3.05, 3.63) is 59.7 Å². The first-order chi connectivity index (χ1) is 13.7. The Morgan fingerprint density at radius 1 is 0.967 bits per heavy atom. The van der Waals surface area contributed by atoms with Gasteiger partial charge in [0.25, 0.3) is 0 Å². The molecule has 2 aromatic rings. The first-order valence-corrected chi connectivity index (χ1v) is 8.52. The van der Waals surface area contributed by atoms with Gasteiger partial charge in [-0.15, -0.1) is 24.0 Å². The van der Waals surface area contributed by atoms with E-state index < -0.39 is 19.4 Å². The number of hydrogen-bond donors (Lipinski definition) is 2. The molecule has 0 saturated heterocycles. The summed E-state index contributed by atoms with van der Waals surface area (Å²) in [5.74, 6) is 0.650. The highest BCUT2D eigenvalue weighted by molar-refractivity contribution is 14.0. The Bertz CT molecular complexity index is 802. The zero-order valence-electron chi connectivity index (χ0n) is 15.9. The molecule has 0 unspecified atom stereocenters. The summed E-state index contributed by atoms with van der Waals surface area (Å²) < 4.78 is 70.0. The van der Waals surface area contributed by atoms with Crippen LogP contribution >= 0.6 is 24.0 Å². The second kappa shape index (κ2) is 12.4. The topological polar surface area (TPSA) is 54.9 Å². The Balaban J connectivity index is 0.00000450. The Kier molecular flexibility index (Phi) is 10.6. The van der Waals surface area contributed by atoms with Crippen molar-refractivity contribution in [3.8, 4) is 11.5 Å². The molecule has 0 fully saturated rings. The fourth-order valence-corrected chi connectivity index (χ4v) is 2.29. The highest BCUT2D eigenvalue weighted by Gasteiger charge is 2.28. The van der Waals surface area contributed by atoms with Gasteiger partial charge in [-0.25, -0.2) is 0 Å². The van der Waals surface area contributed by atoms with Crippen molar-refractivity contribution in [2.75, 3.05) is 13.7 Å². The van der Waals surface area contributed by atoms with Gasteiger partial charge < -0.3 is 20.1 Å². The number of rotatable bonds is 8. The average molecular weight is 545 g/mol. The third-order valence-corrected chi connectivity index (χ3v) is 3.59. The molecular formula is C19H21F5IN3O2. The van der Waals surface area contributed by atoms with Gasteiger partial charge in [0.05, 0.1) is 0 Å². The molecular weight excluding hydrogens is 524 g/mol. The van der Waals surface area contributed by atoms with E-state index >= 15 is 0 Å². The van der Waals surface area contributed by atoms with E-state index in [9.17, 15) is 22.0 Å². The van der Waals surface area contributed by atoms with Gasteiger partial charge in [-0.2, -0.15) is 22.0 Å². The Labute approximate surface area is 187 Å². The summed E-state index contributed by atoms with van der Waals surface area (Å²) in [7, 11) is 1.57. The minimum Gasteiger partial charge on any atom is -0.484 e. The third-order valence-electron chi connectivity index (χ3n) is 3.59. The van der Waals surface area contributed by atoms with Crippen molar-refractivity contribution in [2.45, 2.75) is 25.9 Å². The largest absolute Gasteiger partial charge is 0.484 e. The maximum absolute atomic E-state index is 12.3. The summed E-state index contributed by atoms with van der Waals surface area (Å²) >= 11 is 0. The number of benzene rings is 2. The third kappa shape index (κ3) is 9.94. The lowest BCUT2D eigenvalue weighted by Gasteiger charge is -2.13. The van der Waals surface area contributed by atoms with Gasteiger partial charge in [0.15, 0.2) is 12.6 Å². The van der Waals surface area contributed by atoms with Crippen LogP contribution in [0.2, 0.25) is 0 Å². The van der Waals surface area contributed by atoms with Gasteiger partial charge in [0.1, 0.15) is 11.5 Å². The molecule has 5 nitrogen and oxygen atoms in total. The first-order valence-electron chi connectivity index (χ1n) is 8.52. The summed E-state index contributed by atoms with van der Waals surface area (Å²) in [5.41, 5.74) is 1.52. The molecule has 2 aromatic carbocycles. The van der Waals surface area contributed by atoms with Crippen molar-refractivity contribution < 1.29 is 31.4 Å². The van der Waals surface area contributed by atoms with Crippen LogP contribution in [-0.2, 0) is 13.1 Å². The molecule has 0 aromatic heterocycles. The maximum atomic E-state index is 12.3. The predicted octanol–water partition coefficient (Wildman–Crippen LogP) is 4.71. The summed E-state index contributed by atoms with van der Waals surface area (Å²) in [6.07, 6.45) is -4.39. The van der Waals surface area contributed by atoms with Crippen LogP contribution < -0.4 is 20.1 Å². The number of alkyl halides is 5. The highest BCUT2D eigenvalue weighted by Crippen LogP contribution is 2.19. The number of nitrogens with zero attached hydrogens (tertiary/aromatic N) is 1. The molecule has 0 aliphatic heterocycles. The van der Waals surface area contributed by atoms with Crippen molar-refractivity contribution in [1.29, 1.82) is 0 Å². The molecule has 2 rings (SSSR count). The maximum Gasteiger partial charge on any atom is 0.422 e. The summed E-state index contributed by atoms with van der Waals surface area (Å²) in [4.78, 5) is 4.06. The van der Waals surface area contributed by atoms with Gasteiger partial charge in [0.2, 0.25) is 0 Å². The van der Waals surface area contributed by atoms with Crippen LogP contribution in [0, 0.1) is 0 Å². The standard InChI is InChI=1S/C19H20F5N3O2.HI/c1-25-18(27-11-14-3-2-4-16(9-14)29-17(20)21)26-10-13-5-7-15(8-6-13)28-12-19(22,23)24;/h2-9,17H,10-12H2,1H3,(H2,25,26,27);1H. The van der Waals surface area contributed by atoms with E-state index in [1.54, 1.807) is 31.3 Å². The normalized spacial score (nSPS) is 11.6. The molecule has 30 heavy (non-hydrogen) atoms. The summed E-state index contributed by atoms with van der Waals surface area (Å²) in [6.45, 7) is -3.54. The summed E-state index contributed by atoms with van der Waals surface area (Å²) in [5, 5.41) is 6.08. The van der Waals surface area contributed by atoms with Crippen LogP contribution in [0.25, 0.3) is 0 Å². The molecule has 0 heterocycles. The zero-order chi connectivity index (χ0) is 21.3. The molecule has 2 N–H and O–H groups in total. The number of nitrogens with one attached hydrogen (secondary N) is 2. The molecule has 0 aliphatic carbocycles. The quantitative estimate of drug-likeness (QED) is 0.219. The fourth-order valence-electron chi connectivity index (χ4n) is 2.29. The number of hydrogen-bond acceptors (Lipinski definition) is 3. The molecule has 11 heteroatoms. The van der Waals surface area contributed by atoms with E-state index in [1.165, 1.54) is 24.3 Å². The van der Waals surface area contributed by atoms with Crippen LogP contribution in [0.3, 0.4) is 0 Å². The molecule has 0 amide bonds. The van der Waals surface area contributed by atoms with Crippen LogP contribution in [0.15, 0.2) is 53.5 Å². The van der Waals surface area contributed by atoms with E-state index in [4.69, 9.17) is 0 Å². The molecule has 0 radical (unpaired) electrons. The van der Waals surface area contributed by atoms with Crippen molar-refractivity contribution in [2.24, 2.45) is 4.99 Å². The summed E-state index contributed by atoms with van der Waals surface area (Å²) in [6, 6.07) is 12.5. The molecule has 0 bridgehead atoms. The highest BCUT2D eigenvalue weighted by atomic mass is 127. The van der Waals surface area contributed by atoms with Crippen molar-refractivity contribution in [1.82, 2.24) is 10.6 Å². The van der Waals surface area contributed by atoms with E-state index in [-0.39, 0.29) is 35.5 Å². The van der Waals surface area contributed by atoms with Crippen LogP contribution in [0.5, 0.6) is 11.5 Å². The van der Waals surface area contributed by atoms with Gasteiger partial charge >= 0.3 is 12.8 Å². The smallest absolute Gasteiger partial charge is 0.422 e. The number of aliphatic imine (C=N–C) groups is 1. The lowest BCUT2D eigenvalue weighted by Crippen LogP contribution is -2.36. The molecule has 166 valence electrons. The predicted molar refractivity (Wildman–Crippen MR) is 114 cm³/mol. The lowest BCUT2D eigenvalue weighted by molar-refractivity contribution is -0.153. The number of ether oxygens (including phenoxy) is 2. The van der Waals surface area contributed by atoms with Crippen LogP contribution in [-0.4, -0.2) is 32.4 Å². The average Bonchev–Trinajstić information content (AvgIpc) is 2.66. The minimum absolute atomic E-state index is 0. The zero-order valence-corrected chi connectivity index (χ0v) is 18.2. The van der Waals surface area contributed by atoms with E-state index in [0.717, 1.165) is 11.1 Å². The Hall–Kier alpha value is -2.31. The monoisotopic (exact) mass is 545 g/mol. The minimum atomic E-state index is -4.39. The van der Waals surface area contributed by atoms with E-state index in [2.05, 4.69) is 25.1 Å². The second-order valence-electron chi connectivity index (χ2n) is 5.85. The second-order valence-corrected chi connectivity index (χ2v) is 5.85. The van der Waals surface area contributed by atoms with Crippen molar-refractivity contribution >= 4 is 29.9 Å². The van der Waals surface area contributed by atoms with Gasteiger partial charge in [-0.1, -0.05) is 24.3 Å². The molecule has 0 spiro atoms. The van der Waals surface area contributed by atoms with Crippen LogP contribution in [0.4, 0.5) is 22.0 Å².